The second-order valence-electron chi connectivity index (χ2n) is 8.88. The van der Waals surface area contributed by atoms with Crippen molar-refractivity contribution in [3.8, 4) is 33.9 Å². The molecule has 0 N–H and O–H groups in total. The van der Waals surface area contributed by atoms with E-state index in [1.165, 1.54) is 22.3 Å². The minimum absolute atomic E-state index is 0.809. The van der Waals surface area contributed by atoms with E-state index in [0.29, 0.717) is 0 Å². The first-order chi connectivity index (χ1) is 17.1. The van der Waals surface area contributed by atoms with Crippen LogP contribution in [0.2, 0.25) is 0 Å². The molecule has 6 rings (SSSR count). The SMILES string of the molecule is Cc1cc(-c2ccccc2)cc(C)c1-n1cnnc1-c1ccc2nc(C)n(-c3ccccc3)c2c1. The lowest BCUT2D eigenvalue weighted by molar-refractivity contribution is 1.00. The number of aromatic nitrogens is 5. The van der Waals surface area contributed by atoms with Crippen LogP contribution in [-0.4, -0.2) is 24.3 Å². The second-order valence-corrected chi connectivity index (χ2v) is 8.88. The van der Waals surface area contributed by atoms with Gasteiger partial charge in [-0.3, -0.25) is 9.13 Å². The van der Waals surface area contributed by atoms with Gasteiger partial charge in [0.2, 0.25) is 0 Å². The van der Waals surface area contributed by atoms with E-state index in [9.17, 15) is 0 Å². The van der Waals surface area contributed by atoms with Crippen LogP contribution in [0.1, 0.15) is 17.0 Å². The summed E-state index contributed by atoms with van der Waals surface area (Å²) in [6.07, 6.45) is 1.80. The summed E-state index contributed by atoms with van der Waals surface area (Å²) in [6, 6.07) is 31.6. The van der Waals surface area contributed by atoms with Gasteiger partial charge in [0.25, 0.3) is 0 Å². The fraction of sp³-hybridized carbons (Fsp3) is 0.100. The van der Waals surface area contributed by atoms with Crippen LogP contribution in [-0.2, 0) is 0 Å². The number of hydrogen-bond acceptors (Lipinski definition) is 3. The van der Waals surface area contributed by atoms with Gasteiger partial charge in [-0.15, -0.1) is 10.2 Å². The molecule has 0 aliphatic heterocycles. The number of benzene rings is 4. The van der Waals surface area contributed by atoms with Gasteiger partial charge in [0, 0.05) is 11.3 Å². The van der Waals surface area contributed by atoms with Crippen LogP contribution in [0.15, 0.2) is 97.3 Å². The maximum atomic E-state index is 4.78. The van der Waals surface area contributed by atoms with Crippen LogP contribution in [0.5, 0.6) is 0 Å². The summed E-state index contributed by atoms with van der Waals surface area (Å²) >= 11 is 0. The van der Waals surface area contributed by atoms with Gasteiger partial charge in [0.05, 0.1) is 16.7 Å². The smallest absolute Gasteiger partial charge is 0.168 e. The number of rotatable bonds is 4. The van der Waals surface area contributed by atoms with Crippen molar-refractivity contribution in [1.29, 1.82) is 0 Å². The highest BCUT2D eigenvalue weighted by atomic mass is 15.3. The first-order valence-corrected chi connectivity index (χ1v) is 11.7. The van der Waals surface area contributed by atoms with Crippen LogP contribution < -0.4 is 0 Å². The van der Waals surface area contributed by atoms with Gasteiger partial charge in [0.1, 0.15) is 12.2 Å². The van der Waals surface area contributed by atoms with E-state index in [1.54, 1.807) is 6.33 Å². The predicted molar refractivity (Wildman–Crippen MR) is 141 cm³/mol. The van der Waals surface area contributed by atoms with Crippen molar-refractivity contribution in [3.63, 3.8) is 0 Å². The molecular weight excluding hydrogens is 430 g/mol. The molecule has 0 bridgehead atoms. The van der Waals surface area contributed by atoms with E-state index in [4.69, 9.17) is 4.98 Å². The number of aryl methyl sites for hydroxylation is 3. The van der Waals surface area contributed by atoms with E-state index in [-0.39, 0.29) is 0 Å². The van der Waals surface area contributed by atoms with Gasteiger partial charge in [0.15, 0.2) is 5.82 Å². The maximum Gasteiger partial charge on any atom is 0.168 e. The van der Waals surface area contributed by atoms with Gasteiger partial charge >= 0.3 is 0 Å². The number of fused-ring (bicyclic) bond motifs is 1. The van der Waals surface area contributed by atoms with Crippen molar-refractivity contribution in [2.24, 2.45) is 0 Å². The lowest BCUT2D eigenvalue weighted by atomic mass is 9.98. The van der Waals surface area contributed by atoms with E-state index >= 15 is 0 Å². The number of nitrogens with zero attached hydrogens (tertiary/aromatic N) is 5. The Morgan fingerprint density at radius 3 is 2.06 bits per heavy atom. The molecular formula is C30H25N5. The standard InChI is InChI=1S/C30H25N5/c1-20-16-25(23-10-6-4-7-11-23)17-21(2)29(20)34-19-31-33-30(34)24-14-15-27-28(18-24)35(22(3)32-27)26-12-8-5-9-13-26/h4-19H,1-3H3. The Balaban J connectivity index is 1.48. The molecule has 0 unspecified atom stereocenters. The molecule has 6 aromatic rings. The van der Waals surface area contributed by atoms with Gasteiger partial charge in [-0.25, -0.2) is 4.98 Å². The normalized spacial score (nSPS) is 11.3. The van der Waals surface area contributed by atoms with Crippen molar-refractivity contribution in [1.82, 2.24) is 24.3 Å². The van der Waals surface area contributed by atoms with Gasteiger partial charge in [-0.05, 0) is 85.5 Å². The molecule has 2 aromatic heterocycles. The van der Waals surface area contributed by atoms with Crippen LogP contribution in [0.3, 0.4) is 0 Å². The third-order valence-electron chi connectivity index (χ3n) is 6.48. The van der Waals surface area contributed by atoms with Crippen molar-refractivity contribution >= 4 is 11.0 Å². The Hall–Kier alpha value is -4.51. The molecule has 0 spiro atoms. The molecule has 2 heterocycles. The largest absolute Gasteiger partial charge is 0.297 e. The van der Waals surface area contributed by atoms with Crippen molar-refractivity contribution in [3.05, 3.63) is 114 Å². The van der Waals surface area contributed by atoms with Crippen LogP contribution >= 0.6 is 0 Å². The minimum Gasteiger partial charge on any atom is -0.297 e. The third-order valence-corrected chi connectivity index (χ3v) is 6.48. The summed E-state index contributed by atoms with van der Waals surface area (Å²) in [5.74, 6) is 1.76. The number of para-hydroxylation sites is 1. The van der Waals surface area contributed by atoms with Gasteiger partial charge in [-0.1, -0.05) is 48.5 Å². The molecule has 0 radical (unpaired) electrons. The van der Waals surface area contributed by atoms with Crippen molar-refractivity contribution < 1.29 is 0 Å². The topological polar surface area (TPSA) is 48.5 Å². The first kappa shape index (κ1) is 21.1. The zero-order valence-corrected chi connectivity index (χ0v) is 20.0. The fourth-order valence-corrected chi connectivity index (χ4v) is 4.97. The zero-order chi connectivity index (χ0) is 23.9. The molecule has 170 valence electrons. The Morgan fingerprint density at radius 2 is 1.34 bits per heavy atom. The van der Waals surface area contributed by atoms with Gasteiger partial charge in [-0.2, -0.15) is 0 Å². The summed E-state index contributed by atoms with van der Waals surface area (Å²) < 4.78 is 4.28. The van der Waals surface area contributed by atoms with E-state index < -0.39 is 0 Å². The maximum absolute atomic E-state index is 4.78. The van der Waals surface area contributed by atoms with Crippen LogP contribution in [0, 0.1) is 20.8 Å². The average molecular weight is 456 g/mol. The molecule has 5 nitrogen and oxygen atoms in total. The quantitative estimate of drug-likeness (QED) is 0.292. The highest BCUT2D eigenvalue weighted by Gasteiger charge is 2.17. The molecule has 0 saturated carbocycles. The number of imidazole rings is 1. The summed E-state index contributed by atoms with van der Waals surface area (Å²) in [4.78, 5) is 4.78. The number of hydrogen-bond donors (Lipinski definition) is 0. The monoisotopic (exact) mass is 455 g/mol. The zero-order valence-electron chi connectivity index (χ0n) is 20.0. The molecule has 0 saturated heterocycles. The second kappa shape index (κ2) is 8.37. The lowest BCUT2D eigenvalue weighted by Crippen LogP contribution is -2.02. The van der Waals surface area contributed by atoms with E-state index in [0.717, 1.165) is 39.6 Å². The highest BCUT2D eigenvalue weighted by Crippen LogP contribution is 2.32. The van der Waals surface area contributed by atoms with E-state index in [2.05, 4.69) is 99.9 Å². The van der Waals surface area contributed by atoms with Crippen molar-refractivity contribution in [2.45, 2.75) is 20.8 Å². The third kappa shape index (κ3) is 3.62. The van der Waals surface area contributed by atoms with Crippen LogP contribution in [0.25, 0.3) is 44.9 Å². The summed E-state index contributed by atoms with van der Waals surface area (Å²) in [7, 11) is 0. The minimum atomic E-state index is 0.809. The van der Waals surface area contributed by atoms with Gasteiger partial charge < -0.3 is 0 Å². The molecule has 35 heavy (non-hydrogen) atoms. The van der Waals surface area contributed by atoms with E-state index in [1.807, 2.05) is 31.2 Å². The molecule has 0 aliphatic carbocycles. The first-order valence-electron chi connectivity index (χ1n) is 11.7. The Labute approximate surface area is 204 Å². The fourth-order valence-electron chi connectivity index (χ4n) is 4.97. The summed E-state index contributed by atoms with van der Waals surface area (Å²) in [6.45, 7) is 6.33. The van der Waals surface area contributed by atoms with Crippen LogP contribution in [0.4, 0.5) is 0 Å². The molecule has 0 aliphatic rings. The highest BCUT2D eigenvalue weighted by molar-refractivity contribution is 5.83. The molecule has 4 aromatic carbocycles. The average Bonchev–Trinajstić information content (AvgIpc) is 3.48. The molecule has 5 heteroatoms. The Kier molecular flexibility index (Phi) is 5.03. The predicted octanol–water partition coefficient (Wildman–Crippen LogP) is 6.87. The van der Waals surface area contributed by atoms with Crippen molar-refractivity contribution in [2.75, 3.05) is 0 Å². The molecule has 0 atom stereocenters. The Bertz CT molecular complexity index is 1640. The Morgan fingerprint density at radius 1 is 0.657 bits per heavy atom. The summed E-state index contributed by atoms with van der Waals surface area (Å²) in [5, 5.41) is 8.82. The molecule has 0 amide bonds. The molecule has 0 fully saturated rings. The lowest BCUT2D eigenvalue weighted by Gasteiger charge is -2.15. The summed E-state index contributed by atoms with van der Waals surface area (Å²) in [5.41, 5.74) is 9.98.